The van der Waals surface area contributed by atoms with E-state index in [1.54, 1.807) is 60.7 Å². The van der Waals surface area contributed by atoms with Crippen molar-refractivity contribution >= 4 is 17.9 Å². The summed E-state index contributed by atoms with van der Waals surface area (Å²) in [6.07, 6.45) is -13.0. The van der Waals surface area contributed by atoms with E-state index in [1.807, 2.05) is 0 Å². The average molecular weight is 835 g/mol. The molecule has 12 nitrogen and oxygen atoms in total. The topological polar surface area (TPSA) is 135 Å². The highest BCUT2D eigenvalue weighted by Gasteiger charge is 2.61. The Morgan fingerprint density at radius 1 is 0.814 bits per heavy atom. The zero-order chi connectivity index (χ0) is 43.2. The zero-order valence-electron chi connectivity index (χ0n) is 33.1. The smallest absolute Gasteiger partial charge is 0.426 e. The summed E-state index contributed by atoms with van der Waals surface area (Å²) >= 11 is 0. The van der Waals surface area contributed by atoms with Crippen LogP contribution in [-0.2, 0) is 43.9 Å². The van der Waals surface area contributed by atoms with Crippen LogP contribution < -0.4 is 9.64 Å². The van der Waals surface area contributed by atoms with Crippen LogP contribution in [0.2, 0.25) is 0 Å². The van der Waals surface area contributed by atoms with E-state index in [2.05, 4.69) is 15.2 Å². The van der Waals surface area contributed by atoms with E-state index in [9.17, 15) is 9.59 Å². The van der Waals surface area contributed by atoms with Gasteiger partial charge in [-0.15, -0.1) is 10.2 Å². The van der Waals surface area contributed by atoms with Crippen molar-refractivity contribution in [1.82, 2.24) is 15.2 Å². The summed E-state index contributed by atoms with van der Waals surface area (Å²) in [7, 11) is 0. The molecule has 0 aliphatic carbocycles. The molecule has 0 fully saturated rings. The molecule has 318 valence electrons. The third kappa shape index (κ3) is 11.6. The molecule has 1 aliphatic rings. The van der Waals surface area contributed by atoms with Gasteiger partial charge in [-0.3, -0.25) is 0 Å². The Labute approximate surface area is 336 Å². The molecule has 4 bridgehead atoms. The number of fused-ring (bicyclic) bond motifs is 5. The van der Waals surface area contributed by atoms with Gasteiger partial charge in [0.15, 0.2) is 5.69 Å². The molecule has 0 unspecified atom stereocenters. The second-order valence-corrected chi connectivity index (χ2v) is 15.5. The third-order valence-corrected chi connectivity index (χ3v) is 8.35. The number of allylic oxidation sites excluding steroid dienone is 1. The first kappa shape index (κ1) is 44.6. The molecule has 0 saturated carbocycles. The Kier molecular flexibility index (Phi) is 13.4. The lowest BCUT2D eigenvalue weighted by atomic mass is 9.95. The molecular weight excluding hydrogens is 790 g/mol. The highest BCUT2D eigenvalue weighted by molar-refractivity contribution is 6.11. The molecule has 0 N–H and O–H groups in total. The van der Waals surface area contributed by atoms with Crippen molar-refractivity contribution in [3.8, 4) is 17.5 Å². The number of hydrogen-bond donors (Lipinski definition) is 0. The van der Waals surface area contributed by atoms with Crippen LogP contribution in [0.1, 0.15) is 83.4 Å². The molecule has 0 saturated heterocycles. The van der Waals surface area contributed by atoms with Crippen molar-refractivity contribution in [3.63, 3.8) is 0 Å². The van der Waals surface area contributed by atoms with Crippen LogP contribution in [0.4, 0.5) is 41.6 Å². The second-order valence-electron chi connectivity index (χ2n) is 15.5. The molecule has 2 atom stereocenters. The van der Waals surface area contributed by atoms with Crippen molar-refractivity contribution in [3.05, 3.63) is 101 Å². The van der Waals surface area contributed by atoms with Crippen molar-refractivity contribution < 1.29 is 64.0 Å². The zero-order valence-corrected chi connectivity index (χ0v) is 33.1. The first-order valence-corrected chi connectivity index (χ1v) is 18.5. The van der Waals surface area contributed by atoms with Crippen LogP contribution in [0.5, 0.6) is 5.88 Å². The number of hydrogen-bond acceptors (Lipinski definition) is 11. The maximum absolute atomic E-state index is 15.4. The monoisotopic (exact) mass is 834 g/mol. The van der Waals surface area contributed by atoms with Gasteiger partial charge in [-0.2, -0.15) is 31.2 Å². The standard InChI is InChI=1S/C41H44F6N4O8/c1-37(2,3)58-35(52)51(36(53)59-38(4,5)6)30-22-29(40(42,43)44)32-48-31(30)33-49-50-34(57-33)39(41(45,46)47,55-24-27-18-12-8-13-19-27)21-15-9-14-20-28(56-32)25-54-23-26-16-10-7-11-17-26/h7-14,16-19,22,28H,15,20-21,23-25H2,1-6H3/b14-9-/t28-,39+/m0/s1. The molecule has 4 aromatic rings. The number of anilines is 1. The molecule has 2 aromatic carbocycles. The minimum Gasteiger partial charge on any atom is -0.471 e. The van der Waals surface area contributed by atoms with Gasteiger partial charge in [-0.05, 0) is 71.6 Å². The Bertz CT molecular complexity index is 2050. The van der Waals surface area contributed by atoms with Crippen molar-refractivity contribution in [1.29, 1.82) is 0 Å². The average Bonchev–Trinajstić information content (AvgIpc) is 3.61. The Morgan fingerprint density at radius 2 is 1.39 bits per heavy atom. The predicted octanol–water partition coefficient (Wildman–Crippen LogP) is 10.5. The fourth-order valence-corrected chi connectivity index (χ4v) is 5.68. The van der Waals surface area contributed by atoms with E-state index in [0.717, 1.165) is 5.56 Å². The van der Waals surface area contributed by atoms with Crippen molar-refractivity contribution in [2.45, 2.75) is 109 Å². The van der Waals surface area contributed by atoms with E-state index in [0.29, 0.717) is 11.6 Å². The van der Waals surface area contributed by atoms with Crippen LogP contribution >= 0.6 is 0 Å². The maximum atomic E-state index is 15.4. The van der Waals surface area contributed by atoms with Crippen LogP contribution in [-0.4, -0.2) is 57.5 Å². The fourth-order valence-electron chi connectivity index (χ4n) is 5.68. The number of aromatic nitrogens is 3. The van der Waals surface area contributed by atoms with E-state index in [4.69, 9.17) is 28.1 Å². The Balaban J connectivity index is 1.75. The summed E-state index contributed by atoms with van der Waals surface area (Å²) in [5, 5.41) is 7.48. The van der Waals surface area contributed by atoms with Gasteiger partial charge in [0.05, 0.1) is 25.5 Å². The number of alkyl halides is 6. The van der Waals surface area contributed by atoms with Gasteiger partial charge in [0.1, 0.15) is 22.9 Å². The lowest BCUT2D eigenvalue weighted by Gasteiger charge is -2.32. The number of carbonyl (C=O) groups excluding carboxylic acids is 2. The summed E-state index contributed by atoms with van der Waals surface area (Å²) in [4.78, 5) is 31.8. The first-order valence-electron chi connectivity index (χ1n) is 18.5. The van der Waals surface area contributed by atoms with Gasteiger partial charge in [0.25, 0.3) is 11.8 Å². The van der Waals surface area contributed by atoms with Gasteiger partial charge in [0, 0.05) is 6.42 Å². The third-order valence-electron chi connectivity index (χ3n) is 8.35. The molecule has 3 heterocycles. The summed E-state index contributed by atoms with van der Waals surface area (Å²) in [5.74, 6) is -3.14. The highest BCUT2D eigenvalue weighted by atomic mass is 19.4. The summed E-state index contributed by atoms with van der Waals surface area (Å²) < 4.78 is 125. The number of amides is 2. The second kappa shape index (κ2) is 17.8. The number of pyridine rings is 1. The van der Waals surface area contributed by atoms with Crippen molar-refractivity contribution in [2.75, 3.05) is 11.5 Å². The minimum absolute atomic E-state index is 0.0481. The SMILES string of the molecule is CC(C)(C)OC(=O)N(C(=O)OC(C)(C)C)c1cc(C(F)(F)F)c2nc1-c1nnc(o1)[C@@](OCc1ccccc1)(C(F)(F)F)CC/C=C\C[C@@H](COCc1ccccc1)O2. The minimum atomic E-state index is -5.25. The largest absolute Gasteiger partial charge is 0.471 e. The van der Waals surface area contributed by atoms with Gasteiger partial charge in [0.2, 0.25) is 11.5 Å². The van der Waals surface area contributed by atoms with E-state index in [-0.39, 0.29) is 31.0 Å². The van der Waals surface area contributed by atoms with Gasteiger partial charge >= 0.3 is 24.5 Å². The Hall–Kier alpha value is -5.49. The molecule has 59 heavy (non-hydrogen) atoms. The number of carbonyl (C=O) groups is 2. The highest BCUT2D eigenvalue weighted by Crippen LogP contribution is 2.48. The van der Waals surface area contributed by atoms with Crippen molar-refractivity contribution in [2.24, 2.45) is 0 Å². The molecule has 0 spiro atoms. The number of rotatable bonds is 8. The number of imide groups is 1. The fraction of sp³-hybridized carbons (Fsp3) is 0.439. The van der Waals surface area contributed by atoms with Crippen LogP contribution in [0.3, 0.4) is 0 Å². The lowest BCUT2D eigenvalue weighted by molar-refractivity contribution is -0.299. The van der Waals surface area contributed by atoms with E-state index in [1.165, 1.54) is 53.7 Å². The Morgan fingerprint density at radius 3 is 1.93 bits per heavy atom. The number of halogens is 6. The number of nitrogens with zero attached hydrogens (tertiary/aromatic N) is 4. The number of ether oxygens (including phenoxy) is 5. The summed E-state index contributed by atoms with van der Waals surface area (Å²) in [5.41, 5.74) is -8.16. The van der Waals surface area contributed by atoms with Crippen LogP contribution in [0, 0.1) is 0 Å². The normalized spacial score (nSPS) is 18.3. The molecule has 18 heteroatoms. The maximum Gasteiger partial charge on any atom is 0.426 e. The lowest BCUT2D eigenvalue weighted by Crippen LogP contribution is -2.45. The summed E-state index contributed by atoms with van der Waals surface area (Å²) in [6, 6.07) is 17.2. The molecule has 2 aromatic heterocycles. The van der Waals surface area contributed by atoms with Crippen LogP contribution in [0.15, 0.2) is 83.3 Å². The first-order chi connectivity index (χ1) is 27.6. The molecule has 0 radical (unpaired) electrons. The van der Waals surface area contributed by atoms with Gasteiger partial charge in [-0.25, -0.2) is 14.6 Å². The van der Waals surface area contributed by atoms with Crippen LogP contribution in [0.25, 0.3) is 11.6 Å². The van der Waals surface area contributed by atoms with Gasteiger partial charge < -0.3 is 28.1 Å². The quantitative estimate of drug-likeness (QED) is 0.124. The predicted molar refractivity (Wildman–Crippen MR) is 200 cm³/mol. The molecule has 5 rings (SSSR count). The van der Waals surface area contributed by atoms with E-state index >= 15 is 26.3 Å². The molecular formula is C41H44F6N4O8. The van der Waals surface area contributed by atoms with E-state index < -0.39 is 95.1 Å². The molecule has 2 amide bonds. The molecule has 1 aliphatic heterocycles. The summed E-state index contributed by atoms with van der Waals surface area (Å²) in [6.45, 7) is 7.80. The number of benzene rings is 2. The van der Waals surface area contributed by atoms with Gasteiger partial charge in [-0.1, -0.05) is 72.8 Å².